The first kappa shape index (κ1) is 14.7. The van der Waals surface area contributed by atoms with Crippen LogP contribution in [0.5, 0.6) is 0 Å². The average molecular weight is 297 g/mol. The van der Waals surface area contributed by atoms with Crippen molar-refractivity contribution in [3.8, 4) is 0 Å². The van der Waals surface area contributed by atoms with E-state index in [1.807, 2.05) is 0 Å². The Kier molecular flexibility index (Phi) is 4.49. The van der Waals surface area contributed by atoms with E-state index in [1.165, 1.54) is 0 Å². The van der Waals surface area contributed by atoms with E-state index >= 15 is 0 Å². The number of hydrogen-bond donors (Lipinski definition) is 2. The number of likely N-dealkylation sites (tertiary alicyclic amines) is 1. The molecule has 1 aromatic carbocycles. The maximum absolute atomic E-state index is 12.3. The highest BCUT2D eigenvalue weighted by Gasteiger charge is 2.25. The lowest BCUT2D eigenvalue weighted by Gasteiger charge is -2.31. The number of anilines is 1. The van der Waals surface area contributed by atoms with Crippen LogP contribution in [0, 0.1) is 5.92 Å². The lowest BCUT2D eigenvalue weighted by atomic mass is 9.93. The number of benzene rings is 1. The van der Waals surface area contributed by atoms with Crippen LogP contribution in [0.1, 0.15) is 29.6 Å². The third-order valence-electron chi connectivity index (χ3n) is 3.61. The third kappa shape index (κ3) is 3.42. The summed E-state index contributed by atoms with van der Waals surface area (Å²) in [7, 11) is 0. The van der Waals surface area contributed by atoms with Crippen LogP contribution in [0.25, 0.3) is 0 Å². The van der Waals surface area contributed by atoms with Gasteiger partial charge in [0, 0.05) is 25.1 Å². The van der Waals surface area contributed by atoms with Gasteiger partial charge in [-0.25, -0.2) is 0 Å². The minimum atomic E-state index is -0.778. The minimum absolute atomic E-state index is 0.0814. The van der Waals surface area contributed by atoms with Gasteiger partial charge < -0.3 is 15.7 Å². The first-order valence-electron chi connectivity index (χ1n) is 6.53. The second-order valence-corrected chi connectivity index (χ2v) is 5.48. The molecule has 0 atom stereocenters. The Balaban J connectivity index is 1.97. The molecule has 0 aliphatic carbocycles. The Morgan fingerprint density at radius 3 is 2.55 bits per heavy atom. The number of hydrogen-bond acceptors (Lipinski definition) is 3. The molecule has 1 aromatic rings. The molecule has 0 spiro atoms. The zero-order valence-electron chi connectivity index (χ0n) is 11.0. The predicted molar refractivity (Wildman–Crippen MR) is 76.7 cm³/mol. The second kappa shape index (κ2) is 6.13. The highest BCUT2D eigenvalue weighted by molar-refractivity contribution is 6.33. The number of amides is 1. The molecule has 1 amide bonds. The number of carboxylic acids is 1. The molecular weight excluding hydrogens is 280 g/mol. The molecular formula is C14H17ClN2O3. The van der Waals surface area contributed by atoms with Gasteiger partial charge in [0.2, 0.25) is 0 Å². The van der Waals surface area contributed by atoms with Gasteiger partial charge in [-0.3, -0.25) is 9.59 Å². The van der Waals surface area contributed by atoms with E-state index in [0.29, 0.717) is 29.4 Å². The summed E-state index contributed by atoms with van der Waals surface area (Å²) in [5.41, 5.74) is 6.60. The Morgan fingerprint density at radius 2 is 2.00 bits per heavy atom. The molecule has 1 fully saturated rings. The van der Waals surface area contributed by atoms with Crippen LogP contribution in [0.4, 0.5) is 5.69 Å². The van der Waals surface area contributed by atoms with Crippen molar-refractivity contribution in [3.63, 3.8) is 0 Å². The highest BCUT2D eigenvalue weighted by Crippen LogP contribution is 2.24. The molecule has 20 heavy (non-hydrogen) atoms. The van der Waals surface area contributed by atoms with Gasteiger partial charge in [-0.2, -0.15) is 0 Å². The lowest BCUT2D eigenvalue weighted by Crippen LogP contribution is -2.38. The van der Waals surface area contributed by atoms with Gasteiger partial charge >= 0.3 is 5.97 Å². The predicted octanol–water partition coefficient (Wildman–Crippen LogP) is 2.25. The van der Waals surface area contributed by atoms with Crippen LogP contribution in [0.15, 0.2) is 18.2 Å². The fourth-order valence-corrected chi connectivity index (χ4v) is 2.56. The third-order valence-corrected chi connectivity index (χ3v) is 3.95. The van der Waals surface area contributed by atoms with Crippen LogP contribution < -0.4 is 5.73 Å². The molecule has 0 unspecified atom stereocenters. The maximum Gasteiger partial charge on any atom is 0.303 e. The maximum atomic E-state index is 12.3. The normalized spacial score (nSPS) is 16.1. The van der Waals surface area contributed by atoms with Crippen molar-refractivity contribution in [1.82, 2.24) is 4.90 Å². The standard InChI is InChI=1S/C14H17ClN2O3/c15-11-2-1-10(8-12(11)16)14(20)17-5-3-9(4-6-17)7-13(18)19/h1-2,8-9H,3-7,16H2,(H,18,19). The van der Waals surface area contributed by atoms with Gasteiger partial charge in [0.15, 0.2) is 0 Å². The van der Waals surface area contributed by atoms with Gasteiger partial charge in [0.25, 0.3) is 5.91 Å². The summed E-state index contributed by atoms with van der Waals surface area (Å²) in [6.45, 7) is 1.17. The van der Waals surface area contributed by atoms with Gasteiger partial charge in [-0.1, -0.05) is 11.6 Å². The van der Waals surface area contributed by atoms with Gasteiger partial charge in [-0.05, 0) is 37.0 Å². The van der Waals surface area contributed by atoms with Crippen molar-refractivity contribution in [2.24, 2.45) is 5.92 Å². The number of piperidine rings is 1. The van der Waals surface area contributed by atoms with Crippen molar-refractivity contribution in [1.29, 1.82) is 0 Å². The summed E-state index contributed by atoms with van der Waals surface area (Å²) >= 11 is 5.83. The number of carboxylic acid groups (broad SMARTS) is 1. The molecule has 0 aromatic heterocycles. The summed E-state index contributed by atoms with van der Waals surface area (Å²) in [4.78, 5) is 24.7. The summed E-state index contributed by atoms with van der Waals surface area (Å²) in [6, 6.07) is 4.85. The number of rotatable bonds is 3. The van der Waals surface area contributed by atoms with E-state index in [0.717, 1.165) is 12.8 Å². The van der Waals surface area contributed by atoms with Crippen molar-refractivity contribution >= 4 is 29.2 Å². The van der Waals surface area contributed by atoms with Crippen LogP contribution in [0.3, 0.4) is 0 Å². The number of nitrogen functional groups attached to an aromatic ring is 1. The van der Waals surface area contributed by atoms with Crippen molar-refractivity contribution in [2.45, 2.75) is 19.3 Å². The molecule has 3 N–H and O–H groups in total. The van der Waals surface area contributed by atoms with E-state index < -0.39 is 5.97 Å². The monoisotopic (exact) mass is 296 g/mol. The van der Waals surface area contributed by atoms with Crippen LogP contribution in [-0.4, -0.2) is 35.0 Å². The topological polar surface area (TPSA) is 83.6 Å². The Labute approximate surface area is 122 Å². The molecule has 1 saturated heterocycles. The smallest absolute Gasteiger partial charge is 0.303 e. The Hall–Kier alpha value is -1.75. The fraction of sp³-hybridized carbons (Fsp3) is 0.429. The number of carbonyl (C=O) groups is 2. The highest BCUT2D eigenvalue weighted by atomic mass is 35.5. The molecule has 0 saturated carbocycles. The quantitative estimate of drug-likeness (QED) is 0.838. The van der Waals surface area contributed by atoms with E-state index in [-0.39, 0.29) is 18.2 Å². The van der Waals surface area contributed by atoms with Crippen LogP contribution in [0.2, 0.25) is 5.02 Å². The summed E-state index contributed by atoms with van der Waals surface area (Å²) in [6.07, 6.45) is 1.62. The average Bonchev–Trinajstić information content (AvgIpc) is 2.41. The first-order valence-corrected chi connectivity index (χ1v) is 6.91. The number of nitrogens with zero attached hydrogens (tertiary/aromatic N) is 1. The molecule has 5 nitrogen and oxygen atoms in total. The van der Waals surface area contributed by atoms with Gasteiger partial charge in [0.1, 0.15) is 0 Å². The van der Waals surface area contributed by atoms with E-state index in [2.05, 4.69) is 0 Å². The van der Waals surface area contributed by atoms with E-state index in [9.17, 15) is 9.59 Å². The van der Waals surface area contributed by atoms with Crippen molar-refractivity contribution in [2.75, 3.05) is 18.8 Å². The summed E-state index contributed by atoms with van der Waals surface area (Å²) in [5, 5.41) is 9.20. The second-order valence-electron chi connectivity index (χ2n) is 5.07. The molecule has 108 valence electrons. The van der Waals surface area contributed by atoms with Crippen LogP contribution in [-0.2, 0) is 4.79 Å². The zero-order valence-corrected chi connectivity index (χ0v) is 11.8. The molecule has 1 heterocycles. The SMILES string of the molecule is Nc1cc(C(=O)N2CCC(CC(=O)O)CC2)ccc1Cl. The first-order chi connectivity index (χ1) is 9.47. The molecule has 6 heteroatoms. The Morgan fingerprint density at radius 1 is 1.35 bits per heavy atom. The number of carbonyl (C=O) groups excluding carboxylic acids is 1. The van der Waals surface area contributed by atoms with Crippen LogP contribution >= 0.6 is 11.6 Å². The molecule has 1 aliphatic heterocycles. The van der Waals surface area contributed by atoms with E-state index in [1.54, 1.807) is 23.1 Å². The number of aliphatic carboxylic acids is 1. The Bertz CT molecular complexity index is 525. The molecule has 1 aliphatic rings. The number of nitrogens with two attached hydrogens (primary N) is 1. The number of halogens is 1. The lowest BCUT2D eigenvalue weighted by molar-refractivity contribution is -0.138. The minimum Gasteiger partial charge on any atom is -0.481 e. The zero-order chi connectivity index (χ0) is 14.7. The molecule has 0 radical (unpaired) electrons. The summed E-state index contributed by atoms with van der Waals surface area (Å²) < 4.78 is 0. The van der Waals surface area contributed by atoms with Crippen molar-refractivity contribution < 1.29 is 14.7 Å². The fourth-order valence-electron chi connectivity index (χ4n) is 2.45. The largest absolute Gasteiger partial charge is 0.481 e. The molecule has 2 rings (SSSR count). The van der Waals surface area contributed by atoms with Crippen molar-refractivity contribution in [3.05, 3.63) is 28.8 Å². The van der Waals surface area contributed by atoms with Gasteiger partial charge in [0.05, 0.1) is 10.7 Å². The van der Waals surface area contributed by atoms with E-state index in [4.69, 9.17) is 22.4 Å². The molecule has 0 bridgehead atoms. The van der Waals surface area contributed by atoms with Gasteiger partial charge in [-0.15, -0.1) is 0 Å². The summed E-state index contributed by atoms with van der Waals surface area (Å²) in [5.74, 6) is -0.700.